The summed E-state index contributed by atoms with van der Waals surface area (Å²) in [4.78, 5) is 10.3. The molecule has 2 atom stereocenters. The lowest BCUT2D eigenvalue weighted by atomic mass is 10.0. The normalized spacial score (nSPS) is 18.4. The number of carbonyl (C=O) groups is 1. The summed E-state index contributed by atoms with van der Waals surface area (Å²) in [6, 6.07) is 0. The topological polar surface area (TPSA) is 87.0 Å². The summed E-state index contributed by atoms with van der Waals surface area (Å²) in [7, 11) is 0. The molecule has 3 N–H and O–H groups in total. The molecule has 1 heterocycles. The standard InChI is InChI=1S/C18H36O2.C6H12O3/c1-2-3-4-5-6-7-8-9-10-11-12-13-14-15-16-17-18(19)20;7-3-5-1-2-6(4-8)9-5/h2-17H2,1H3,(H,19,20);5-8H,1-4H2. The molecular formula is C24H48O5. The number of aliphatic hydroxyl groups excluding tert-OH is 2. The second kappa shape index (κ2) is 22.0. The van der Waals surface area contributed by atoms with E-state index in [0.717, 1.165) is 25.7 Å². The van der Waals surface area contributed by atoms with Crippen molar-refractivity contribution in [2.45, 2.75) is 135 Å². The maximum Gasteiger partial charge on any atom is 0.303 e. The van der Waals surface area contributed by atoms with E-state index < -0.39 is 5.97 Å². The van der Waals surface area contributed by atoms with Crippen LogP contribution in [0.3, 0.4) is 0 Å². The van der Waals surface area contributed by atoms with Gasteiger partial charge in [-0.25, -0.2) is 0 Å². The van der Waals surface area contributed by atoms with Crippen LogP contribution in [0, 0.1) is 0 Å². The zero-order valence-electron chi connectivity index (χ0n) is 19.0. The molecule has 174 valence electrons. The van der Waals surface area contributed by atoms with Crippen molar-refractivity contribution in [2.24, 2.45) is 0 Å². The van der Waals surface area contributed by atoms with Crippen molar-refractivity contribution in [1.82, 2.24) is 0 Å². The Balaban J connectivity index is 0.000000717. The van der Waals surface area contributed by atoms with Gasteiger partial charge in [-0.05, 0) is 19.3 Å². The molecule has 5 nitrogen and oxygen atoms in total. The molecule has 0 bridgehead atoms. The van der Waals surface area contributed by atoms with Gasteiger partial charge in [0.25, 0.3) is 0 Å². The number of hydrogen-bond donors (Lipinski definition) is 3. The van der Waals surface area contributed by atoms with E-state index in [1.54, 1.807) is 0 Å². The van der Waals surface area contributed by atoms with Crippen LogP contribution < -0.4 is 0 Å². The lowest BCUT2D eigenvalue weighted by molar-refractivity contribution is -0.137. The highest BCUT2D eigenvalue weighted by atomic mass is 16.5. The van der Waals surface area contributed by atoms with Gasteiger partial charge in [0, 0.05) is 6.42 Å². The van der Waals surface area contributed by atoms with Crippen LogP contribution >= 0.6 is 0 Å². The average Bonchev–Trinajstić information content (AvgIpc) is 3.19. The predicted molar refractivity (Wildman–Crippen MR) is 119 cm³/mol. The number of carboxylic acid groups (broad SMARTS) is 1. The van der Waals surface area contributed by atoms with Crippen molar-refractivity contribution < 1.29 is 24.9 Å². The van der Waals surface area contributed by atoms with Gasteiger partial charge in [-0.3, -0.25) is 4.79 Å². The van der Waals surface area contributed by atoms with Gasteiger partial charge in [0.1, 0.15) is 0 Å². The van der Waals surface area contributed by atoms with Crippen molar-refractivity contribution >= 4 is 5.97 Å². The molecule has 0 saturated carbocycles. The van der Waals surface area contributed by atoms with Gasteiger partial charge in [-0.1, -0.05) is 96.8 Å². The molecule has 29 heavy (non-hydrogen) atoms. The summed E-state index contributed by atoms with van der Waals surface area (Å²) in [5, 5.41) is 25.7. The Kier molecular flexibility index (Phi) is 21.6. The Bertz CT molecular complexity index is 338. The smallest absolute Gasteiger partial charge is 0.303 e. The highest BCUT2D eigenvalue weighted by molar-refractivity contribution is 5.66. The third kappa shape index (κ3) is 20.4. The van der Waals surface area contributed by atoms with Gasteiger partial charge >= 0.3 is 5.97 Å². The van der Waals surface area contributed by atoms with E-state index in [4.69, 9.17) is 20.1 Å². The molecule has 1 aliphatic heterocycles. The highest BCUT2D eigenvalue weighted by Gasteiger charge is 2.23. The third-order valence-corrected chi connectivity index (χ3v) is 5.60. The summed E-state index contributed by atoms with van der Waals surface area (Å²) in [6.07, 6.45) is 21.9. The zero-order chi connectivity index (χ0) is 21.6. The number of hydrogen-bond acceptors (Lipinski definition) is 4. The second-order valence-corrected chi connectivity index (χ2v) is 8.42. The average molecular weight is 417 g/mol. The maximum atomic E-state index is 10.3. The maximum absolute atomic E-state index is 10.3. The monoisotopic (exact) mass is 416 g/mol. The first-order chi connectivity index (χ1) is 14.1. The molecule has 2 unspecified atom stereocenters. The van der Waals surface area contributed by atoms with Crippen LogP contribution in [-0.4, -0.2) is 46.7 Å². The van der Waals surface area contributed by atoms with Crippen LogP contribution in [0.25, 0.3) is 0 Å². The minimum atomic E-state index is -0.653. The first kappa shape index (κ1) is 28.4. The van der Waals surface area contributed by atoms with Crippen molar-refractivity contribution in [1.29, 1.82) is 0 Å². The van der Waals surface area contributed by atoms with Crippen LogP contribution in [0.2, 0.25) is 0 Å². The first-order valence-corrected chi connectivity index (χ1v) is 12.2. The number of ether oxygens (including phenoxy) is 1. The fourth-order valence-corrected chi connectivity index (χ4v) is 3.70. The van der Waals surface area contributed by atoms with E-state index in [9.17, 15) is 4.79 Å². The number of carboxylic acids is 1. The van der Waals surface area contributed by atoms with Crippen LogP contribution in [0.4, 0.5) is 0 Å². The van der Waals surface area contributed by atoms with Gasteiger partial charge in [0.15, 0.2) is 0 Å². The molecule has 1 saturated heterocycles. The van der Waals surface area contributed by atoms with E-state index >= 15 is 0 Å². The Hall–Kier alpha value is -0.650. The summed E-state index contributed by atoms with van der Waals surface area (Å²) in [6.45, 7) is 2.43. The van der Waals surface area contributed by atoms with E-state index in [-0.39, 0.29) is 25.4 Å². The van der Waals surface area contributed by atoms with Gasteiger partial charge in [-0.2, -0.15) is 0 Å². The zero-order valence-corrected chi connectivity index (χ0v) is 19.0. The predicted octanol–water partition coefficient (Wildman–Crippen LogP) is 5.85. The van der Waals surface area contributed by atoms with E-state index in [0.29, 0.717) is 6.42 Å². The summed E-state index contributed by atoms with van der Waals surface area (Å²) < 4.78 is 5.16. The van der Waals surface area contributed by atoms with Crippen LogP contribution in [0.15, 0.2) is 0 Å². The van der Waals surface area contributed by atoms with Gasteiger partial charge < -0.3 is 20.1 Å². The van der Waals surface area contributed by atoms with Crippen molar-refractivity contribution in [3.05, 3.63) is 0 Å². The molecule has 0 spiro atoms. The number of rotatable bonds is 18. The Morgan fingerprint density at radius 3 is 1.31 bits per heavy atom. The van der Waals surface area contributed by atoms with Crippen LogP contribution in [-0.2, 0) is 9.53 Å². The molecule has 1 fully saturated rings. The van der Waals surface area contributed by atoms with E-state index in [2.05, 4.69) is 6.92 Å². The molecular weight excluding hydrogens is 368 g/mol. The van der Waals surface area contributed by atoms with Crippen molar-refractivity contribution in [3.63, 3.8) is 0 Å². The third-order valence-electron chi connectivity index (χ3n) is 5.60. The van der Waals surface area contributed by atoms with Gasteiger partial charge in [-0.15, -0.1) is 0 Å². The largest absolute Gasteiger partial charge is 0.481 e. The van der Waals surface area contributed by atoms with Crippen LogP contribution in [0.1, 0.15) is 122 Å². The minimum Gasteiger partial charge on any atom is -0.481 e. The molecule has 1 rings (SSSR count). The summed E-state index contributed by atoms with van der Waals surface area (Å²) in [5.74, 6) is -0.653. The molecule has 0 aromatic carbocycles. The highest BCUT2D eigenvalue weighted by Crippen LogP contribution is 2.18. The Labute approximate surface area is 179 Å². The van der Waals surface area contributed by atoms with Gasteiger partial charge in [0.2, 0.25) is 0 Å². The summed E-state index contributed by atoms with van der Waals surface area (Å²) >= 11 is 0. The minimum absolute atomic E-state index is 0.0258. The number of aliphatic carboxylic acids is 1. The molecule has 5 heteroatoms. The van der Waals surface area contributed by atoms with E-state index in [1.165, 1.54) is 83.5 Å². The SMILES string of the molecule is CCCCCCCCCCCCCCCCCC(=O)O.OCC1CCC(CO)O1. The lowest BCUT2D eigenvalue weighted by Gasteiger charge is -2.07. The molecule has 0 amide bonds. The quantitative estimate of drug-likeness (QED) is 0.244. The fraction of sp³-hybridized carbons (Fsp3) is 0.958. The van der Waals surface area contributed by atoms with Crippen LogP contribution in [0.5, 0.6) is 0 Å². The van der Waals surface area contributed by atoms with E-state index in [1.807, 2.05) is 0 Å². The molecule has 1 aliphatic rings. The lowest BCUT2D eigenvalue weighted by Crippen LogP contribution is -2.16. The van der Waals surface area contributed by atoms with Crippen molar-refractivity contribution in [3.8, 4) is 0 Å². The molecule has 0 radical (unpaired) electrons. The molecule has 0 aromatic heterocycles. The molecule has 0 aromatic rings. The second-order valence-electron chi connectivity index (χ2n) is 8.42. The molecule has 0 aliphatic carbocycles. The van der Waals surface area contributed by atoms with Crippen molar-refractivity contribution in [2.75, 3.05) is 13.2 Å². The summed E-state index contributed by atoms with van der Waals surface area (Å²) in [5.41, 5.74) is 0. The first-order valence-electron chi connectivity index (χ1n) is 12.2. The number of unbranched alkanes of at least 4 members (excludes halogenated alkanes) is 14. The number of aliphatic hydroxyl groups is 2. The Morgan fingerprint density at radius 2 is 1.03 bits per heavy atom. The Morgan fingerprint density at radius 1 is 0.690 bits per heavy atom. The fourth-order valence-electron chi connectivity index (χ4n) is 3.70. The van der Waals surface area contributed by atoms with Gasteiger partial charge in [0.05, 0.1) is 25.4 Å².